The van der Waals surface area contributed by atoms with Crippen LogP contribution in [0, 0.1) is 0 Å². The minimum absolute atomic E-state index is 0.228. The third-order valence-electron chi connectivity index (χ3n) is 2.69. The molecule has 108 valence electrons. The summed E-state index contributed by atoms with van der Waals surface area (Å²) in [5.74, 6) is 0.639. The van der Waals surface area contributed by atoms with Gasteiger partial charge in [0, 0.05) is 13.1 Å². The van der Waals surface area contributed by atoms with Crippen molar-refractivity contribution in [2.75, 3.05) is 26.2 Å². The van der Waals surface area contributed by atoms with Crippen LogP contribution in [-0.4, -0.2) is 37.3 Å². The number of nitrogens with two attached hydrogens (primary N) is 1. The molecule has 0 unspecified atom stereocenters. The van der Waals surface area contributed by atoms with Crippen LogP contribution in [0.15, 0.2) is 24.3 Å². The molecule has 0 atom stereocenters. The predicted molar refractivity (Wildman–Crippen MR) is 68.0 cm³/mol. The Bertz CT molecular complexity index is 365. The molecular formula is C13H19F3N2O. The van der Waals surface area contributed by atoms with Gasteiger partial charge in [0.2, 0.25) is 0 Å². The van der Waals surface area contributed by atoms with E-state index in [2.05, 4.69) is 0 Å². The average molecular weight is 276 g/mol. The molecule has 6 heteroatoms. The summed E-state index contributed by atoms with van der Waals surface area (Å²) in [7, 11) is 0. The van der Waals surface area contributed by atoms with Crippen LogP contribution in [0.3, 0.4) is 0 Å². The van der Waals surface area contributed by atoms with Gasteiger partial charge in [-0.25, -0.2) is 0 Å². The van der Waals surface area contributed by atoms with Crippen molar-refractivity contribution in [1.29, 1.82) is 0 Å². The fourth-order valence-electron chi connectivity index (χ4n) is 1.62. The molecule has 3 nitrogen and oxygen atoms in total. The second-order valence-electron chi connectivity index (χ2n) is 4.18. The molecule has 0 fully saturated rings. The van der Waals surface area contributed by atoms with Gasteiger partial charge in [-0.15, -0.1) is 0 Å². The second-order valence-corrected chi connectivity index (χ2v) is 4.18. The lowest BCUT2D eigenvalue weighted by molar-refractivity contribution is -0.146. The Kier molecular flexibility index (Phi) is 6.11. The number of ether oxygens (including phenoxy) is 1. The minimum Gasteiger partial charge on any atom is -0.492 e. The van der Waals surface area contributed by atoms with Crippen molar-refractivity contribution in [3.63, 3.8) is 0 Å². The van der Waals surface area contributed by atoms with Gasteiger partial charge in [-0.05, 0) is 24.2 Å². The SMILES string of the molecule is CCN(CCOc1ccc(CN)cc1)CC(F)(F)F. The van der Waals surface area contributed by atoms with E-state index in [-0.39, 0.29) is 13.2 Å². The summed E-state index contributed by atoms with van der Waals surface area (Å²) in [4.78, 5) is 1.30. The zero-order valence-corrected chi connectivity index (χ0v) is 10.9. The van der Waals surface area contributed by atoms with Gasteiger partial charge in [0.05, 0.1) is 6.54 Å². The molecule has 0 aromatic heterocycles. The average Bonchev–Trinajstić information content (AvgIpc) is 2.37. The van der Waals surface area contributed by atoms with Crippen LogP contribution < -0.4 is 10.5 Å². The Morgan fingerprint density at radius 3 is 2.32 bits per heavy atom. The molecule has 1 aromatic rings. The zero-order valence-electron chi connectivity index (χ0n) is 10.9. The number of hydrogen-bond acceptors (Lipinski definition) is 3. The molecule has 0 aliphatic heterocycles. The summed E-state index contributed by atoms with van der Waals surface area (Å²) < 4.78 is 42.1. The summed E-state index contributed by atoms with van der Waals surface area (Å²) in [6.07, 6.45) is -4.17. The Hall–Kier alpha value is -1.27. The number of benzene rings is 1. The fourth-order valence-corrected chi connectivity index (χ4v) is 1.62. The number of hydrogen-bond donors (Lipinski definition) is 1. The molecule has 0 aliphatic carbocycles. The normalized spacial score (nSPS) is 11.9. The topological polar surface area (TPSA) is 38.5 Å². The smallest absolute Gasteiger partial charge is 0.401 e. The first-order valence-electron chi connectivity index (χ1n) is 6.15. The van der Waals surface area contributed by atoms with Crippen molar-refractivity contribution in [2.24, 2.45) is 5.73 Å². The molecular weight excluding hydrogens is 257 g/mol. The van der Waals surface area contributed by atoms with Gasteiger partial charge in [0.15, 0.2) is 0 Å². The number of halogens is 3. The third kappa shape index (κ3) is 6.45. The van der Waals surface area contributed by atoms with E-state index < -0.39 is 12.7 Å². The summed E-state index contributed by atoms with van der Waals surface area (Å²) >= 11 is 0. The van der Waals surface area contributed by atoms with E-state index in [9.17, 15) is 13.2 Å². The lowest BCUT2D eigenvalue weighted by Crippen LogP contribution is -2.36. The van der Waals surface area contributed by atoms with Crippen molar-refractivity contribution < 1.29 is 17.9 Å². The highest BCUT2D eigenvalue weighted by atomic mass is 19.4. The van der Waals surface area contributed by atoms with Crippen LogP contribution in [0.1, 0.15) is 12.5 Å². The van der Waals surface area contributed by atoms with Crippen molar-refractivity contribution in [3.8, 4) is 5.75 Å². The monoisotopic (exact) mass is 276 g/mol. The lowest BCUT2D eigenvalue weighted by Gasteiger charge is -2.21. The highest BCUT2D eigenvalue weighted by molar-refractivity contribution is 5.27. The largest absolute Gasteiger partial charge is 0.492 e. The Morgan fingerprint density at radius 2 is 1.84 bits per heavy atom. The molecule has 0 bridgehead atoms. The molecule has 19 heavy (non-hydrogen) atoms. The molecule has 0 saturated heterocycles. The second kappa shape index (κ2) is 7.35. The van der Waals surface area contributed by atoms with Crippen LogP contribution >= 0.6 is 0 Å². The Morgan fingerprint density at radius 1 is 1.21 bits per heavy atom. The van der Waals surface area contributed by atoms with Crippen LogP contribution in [0.25, 0.3) is 0 Å². The Balaban J connectivity index is 2.35. The molecule has 0 radical (unpaired) electrons. The minimum atomic E-state index is -4.17. The fraction of sp³-hybridized carbons (Fsp3) is 0.538. The van der Waals surface area contributed by atoms with Gasteiger partial charge in [-0.1, -0.05) is 19.1 Å². The van der Waals surface area contributed by atoms with Gasteiger partial charge >= 0.3 is 6.18 Å². The maximum Gasteiger partial charge on any atom is 0.401 e. The van der Waals surface area contributed by atoms with Gasteiger partial charge < -0.3 is 10.5 Å². The van der Waals surface area contributed by atoms with E-state index in [1.807, 2.05) is 12.1 Å². The predicted octanol–water partition coefficient (Wildman–Crippen LogP) is 2.41. The maximum absolute atomic E-state index is 12.2. The summed E-state index contributed by atoms with van der Waals surface area (Å²) in [6.45, 7) is 2.06. The van der Waals surface area contributed by atoms with Gasteiger partial charge in [0.25, 0.3) is 0 Å². The van der Waals surface area contributed by atoms with Crippen molar-refractivity contribution in [3.05, 3.63) is 29.8 Å². The number of alkyl halides is 3. The zero-order chi connectivity index (χ0) is 14.3. The van der Waals surface area contributed by atoms with Crippen molar-refractivity contribution in [1.82, 2.24) is 4.90 Å². The summed E-state index contributed by atoms with van der Waals surface area (Å²) in [5.41, 5.74) is 6.45. The number of rotatable bonds is 7. The van der Waals surface area contributed by atoms with Gasteiger partial charge in [0.1, 0.15) is 12.4 Å². The summed E-state index contributed by atoms with van der Waals surface area (Å²) in [6, 6.07) is 7.20. The number of likely N-dealkylation sites (N-methyl/N-ethyl adjacent to an activating group) is 1. The molecule has 1 aromatic carbocycles. The van der Waals surface area contributed by atoms with Gasteiger partial charge in [-0.3, -0.25) is 4.90 Å². The number of nitrogens with zero attached hydrogens (tertiary/aromatic N) is 1. The highest BCUT2D eigenvalue weighted by Crippen LogP contribution is 2.16. The molecule has 0 aliphatic rings. The van der Waals surface area contributed by atoms with E-state index in [1.54, 1.807) is 19.1 Å². The van der Waals surface area contributed by atoms with Gasteiger partial charge in [-0.2, -0.15) is 13.2 Å². The quantitative estimate of drug-likeness (QED) is 0.831. The van der Waals surface area contributed by atoms with E-state index in [1.165, 1.54) is 4.90 Å². The summed E-state index contributed by atoms with van der Waals surface area (Å²) in [5, 5.41) is 0. The molecule has 0 heterocycles. The third-order valence-corrected chi connectivity index (χ3v) is 2.69. The first kappa shape index (κ1) is 15.8. The highest BCUT2D eigenvalue weighted by Gasteiger charge is 2.29. The molecule has 0 amide bonds. The Labute approximate surface area is 111 Å². The van der Waals surface area contributed by atoms with E-state index >= 15 is 0 Å². The molecule has 2 N–H and O–H groups in total. The van der Waals surface area contributed by atoms with Crippen LogP contribution in [0.4, 0.5) is 13.2 Å². The lowest BCUT2D eigenvalue weighted by atomic mass is 10.2. The van der Waals surface area contributed by atoms with E-state index in [0.717, 1.165) is 5.56 Å². The van der Waals surface area contributed by atoms with Crippen molar-refractivity contribution >= 4 is 0 Å². The molecule has 1 rings (SSSR count). The van der Waals surface area contributed by atoms with Crippen LogP contribution in [0.2, 0.25) is 0 Å². The first-order chi connectivity index (χ1) is 8.94. The maximum atomic E-state index is 12.2. The van der Waals surface area contributed by atoms with E-state index in [0.29, 0.717) is 18.8 Å². The van der Waals surface area contributed by atoms with E-state index in [4.69, 9.17) is 10.5 Å². The standard InChI is InChI=1S/C13H19F3N2O/c1-2-18(10-13(14,15)16)7-8-19-12-5-3-11(9-17)4-6-12/h3-6H,2,7-10,17H2,1H3. The molecule has 0 spiro atoms. The van der Waals surface area contributed by atoms with Crippen molar-refractivity contribution in [2.45, 2.75) is 19.6 Å². The molecule has 0 saturated carbocycles. The first-order valence-corrected chi connectivity index (χ1v) is 6.15. The van der Waals surface area contributed by atoms with Crippen LogP contribution in [0.5, 0.6) is 5.75 Å². The van der Waals surface area contributed by atoms with Crippen LogP contribution in [-0.2, 0) is 6.54 Å².